The largest absolute Gasteiger partial charge is 0.379 e. The van der Waals surface area contributed by atoms with Crippen molar-refractivity contribution in [2.24, 2.45) is 0 Å². The molecule has 2 aromatic rings. The lowest BCUT2D eigenvalue weighted by Gasteiger charge is -2.07. The van der Waals surface area contributed by atoms with Gasteiger partial charge in [0.1, 0.15) is 5.15 Å². The monoisotopic (exact) mass is 267 g/mol. The zero-order valence-electron chi connectivity index (χ0n) is 9.83. The number of pyridine rings is 1. The molecule has 0 bridgehead atoms. The van der Waals surface area contributed by atoms with Gasteiger partial charge in [0.25, 0.3) is 0 Å². The van der Waals surface area contributed by atoms with Gasteiger partial charge in [-0.2, -0.15) is 0 Å². The van der Waals surface area contributed by atoms with Crippen LogP contribution in [0.1, 0.15) is 22.5 Å². The summed E-state index contributed by atoms with van der Waals surface area (Å²) in [5, 5.41) is 5.04. The Morgan fingerprint density at radius 3 is 2.88 bits per heavy atom. The molecule has 5 heteroatoms. The number of hydrogen-bond acceptors (Lipinski definition) is 4. The zero-order chi connectivity index (χ0) is 12.3. The Morgan fingerprint density at radius 2 is 2.24 bits per heavy atom. The van der Waals surface area contributed by atoms with Crippen molar-refractivity contribution in [3.8, 4) is 0 Å². The lowest BCUT2D eigenvalue weighted by atomic mass is 10.3. The number of hydrogen-bond donors (Lipinski definition) is 1. The van der Waals surface area contributed by atoms with E-state index < -0.39 is 0 Å². The minimum absolute atomic E-state index is 0.527. The summed E-state index contributed by atoms with van der Waals surface area (Å²) in [4.78, 5) is 9.76. The van der Waals surface area contributed by atoms with E-state index in [2.05, 4.69) is 22.2 Å². The minimum atomic E-state index is 0.527. The van der Waals surface area contributed by atoms with Crippen LogP contribution in [0.3, 0.4) is 0 Å². The minimum Gasteiger partial charge on any atom is -0.379 e. The maximum absolute atomic E-state index is 5.81. The van der Waals surface area contributed by atoms with Crippen LogP contribution in [0.2, 0.25) is 5.15 Å². The molecular formula is C12H14ClN3S. The molecular weight excluding hydrogens is 254 g/mol. The first-order chi connectivity index (χ1) is 8.19. The molecule has 2 rings (SSSR count). The number of aromatic nitrogens is 2. The van der Waals surface area contributed by atoms with E-state index in [0.717, 1.165) is 24.3 Å². The van der Waals surface area contributed by atoms with Gasteiger partial charge in [0.15, 0.2) is 0 Å². The Hall–Kier alpha value is -1.13. The van der Waals surface area contributed by atoms with Gasteiger partial charge < -0.3 is 5.32 Å². The Balaban J connectivity index is 2.02. The maximum atomic E-state index is 5.81. The number of aryl methyl sites for hydroxylation is 2. The van der Waals surface area contributed by atoms with Crippen LogP contribution in [-0.2, 0) is 13.0 Å². The first-order valence-corrected chi connectivity index (χ1v) is 6.69. The van der Waals surface area contributed by atoms with E-state index in [1.807, 2.05) is 19.2 Å². The normalized spacial score (nSPS) is 10.5. The predicted molar refractivity (Wildman–Crippen MR) is 72.8 cm³/mol. The van der Waals surface area contributed by atoms with E-state index in [1.165, 1.54) is 9.88 Å². The number of thiazole rings is 1. The molecule has 1 N–H and O–H groups in total. The number of nitrogens with zero attached hydrogens (tertiary/aromatic N) is 2. The molecule has 0 atom stereocenters. The highest BCUT2D eigenvalue weighted by Crippen LogP contribution is 2.19. The Bertz CT molecular complexity index is 510. The van der Waals surface area contributed by atoms with E-state index >= 15 is 0 Å². The van der Waals surface area contributed by atoms with Crippen molar-refractivity contribution >= 4 is 28.6 Å². The lowest BCUT2D eigenvalue weighted by Crippen LogP contribution is -2.00. The van der Waals surface area contributed by atoms with Crippen LogP contribution in [0.15, 0.2) is 18.3 Å². The number of nitrogens with one attached hydrogen (secondary N) is 1. The zero-order valence-corrected chi connectivity index (χ0v) is 11.4. The molecule has 0 unspecified atom stereocenters. The summed E-state index contributed by atoms with van der Waals surface area (Å²) >= 11 is 7.55. The molecule has 0 aliphatic rings. The fraction of sp³-hybridized carbons (Fsp3) is 0.333. The van der Waals surface area contributed by atoms with Gasteiger partial charge in [0, 0.05) is 11.1 Å². The molecule has 2 heterocycles. The van der Waals surface area contributed by atoms with E-state index in [-0.39, 0.29) is 0 Å². The molecule has 0 radical (unpaired) electrons. The fourth-order valence-electron chi connectivity index (χ4n) is 1.49. The molecule has 3 nitrogen and oxygen atoms in total. The van der Waals surface area contributed by atoms with Crippen molar-refractivity contribution in [3.05, 3.63) is 39.1 Å². The van der Waals surface area contributed by atoms with Crippen LogP contribution in [0, 0.1) is 6.92 Å². The fourth-order valence-corrected chi connectivity index (χ4v) is 2.48. The molecule has 90 valence electrons. The standard InChI is InChI=1S/C12H14ClN3S/c1-3-12-15-7-9(17-12)6-14-10-4-5-11(13)16-8(10)2/h4-5,7,14H,3,6H2,1-2H3. The summed E-state index contributed by atoms with van der Waals surface area (Å²) in [6.07, 6.45) is 2.92. The summed E-state index contributed by atoms with van der Waals surface area (Å²) < 4.78 is 0. The second-order valence-electron chi connectivity index (χ2n) is 3.69. The Kier molecular flexibility index (Phi) is 3.97. The van der Waals surface area contributed by atoms with Crippen molar-refractivity contribution in [2.45, 2.75) is 26.8 Å². The van der Waals surface area contributed by atoms with Crippen molar-refractivity contribution in [1.29, 1.82) is 0 Å². The first-order valence-electron chi connectivity index (χ1n) is 5.49. The van der Waals surface area contributed by atoms with Crippen molar-refractivity contribution in [2.75, 3.05) is 5.32 Å². The molecule has 0 saturated carbocycles. The molecule has 0 aliphatic heterocycles. The quantitative estimate of drug-likeness (QED) is 0.859. The second kappa shape index (κ2) is 5.47. The van der Waals surface area contributed by atoms with Gasteiger partial charge in [-0.15, -0.1) is 11.3 Å². The highest BCUT2D eigenvalue weighted by atomic mass is 35.5. The molecule has 0 amide bonds. The molecule has 17 heavy (non-hydrogen) atoms. The van der Waals surface area contributed by atoms with Crippen molar-refractivity contribution in [1.82, 2.24) is 9.97 Å². The summed E-state index contributed by atoms with van der Waals surface area (Å²) in [5.74, 6) is 0. The van der Waals surface area contributed by atoms with Crippen LogP contribution in [0.4, 0.5) is 5.69 Å². The second-order valence-corrected chi connectivity index (χ2v) is 5.28. The van der Waals surface area contributed by atoms with Gasteiger partial charge in [-0.25, -0.2) is 9.97 Å². The van der Waals surface area contributed by atoms with Crippen molar-refractivity contribution < 1.29 is 0 Å². The third kappa shape index (κ3) is 3.17. The highest BCUT2D eigenvalue weighted by molar-refractivity contribution is 7.11. The van der Waals surface area contributed by atoms with Crippen LogP contribution < -0.4 is 5.32 Å². The molecule has 2 aromatic heterocycles. The van der Waals surface area contributed by atoms with Crippen LogP contribution in [0.25, 0.3) is 0 Å². The molecule has 0 aromatic carbocycles. The van der Waals surface area contributed by atoms with Crippen LogP contribution >= 0.6 is 22.9 Å². The third-order valence-corrected chi connectivity index (χ3v) is 3.76. The predicted octanol–water partition coefficient (Wildman–Crippen LogP) is 3.67. The van der Waals surface area contributed by atoms with Gasteiger partial charge in [-0.1, -0.05) is 18.5 Å². The average molecular weight is 268 g/mol. The Labute approximate surface area is 110 Å². The van der Waals surface area contributed by atoms with Gasteiger partial charge in [0.2, 0.25) is 0 Å². The van der Waals surface area contributed by atoms with E-state index in [4.69, 9.17) is 11.6 Å². The first kappa shape index (κ1) is 12.3. The van der Waals surface area contributed by atoms with E-state index in [1.54, 1.807) is 17.4 Å². The van der Waals surface area contributed by atoms with Gasteiger partial charge >= 0.3 is 0 Å². The summed E-state index contributed by atoms with van der Waals surface area (Å²) in [7, 11) is 0. The van der Waals surface area contributed by atoms with Gasteiger partial charge in [-0.05, 0) is 25.5 Å². The average Bonchev–Trinajstić information content (AvgIpc) is 2.76. The maximum Gasteiger partial charge on any atom is 0.129 e. The number of rotatable bonds is 4. The smallest absolute Gasteiger partial charge is 0.129 e. The summed E-state index contributed by atoms with van der Waals surface area (Å²) in [6.45, 7) is 4.84. The topological polar surface area (TPSA) is 37.8 Å². The van der Waals surface area contributed by atoms with Crippen molar-refractivity contribution in [3.63, 3.8) is 0 Å². The van der Waals surface area contributed by atoms with Gasteiger partial charge in [0.05, 0.1) is 22.9 Å². The Morgan fingerprint density at radius 1 is 1.41 bits per heavy atom. The van der Waals surface area contributed by atoms with E-state index in [0.29, 0.717) is 5.15 Å². The van der Waals surface area contributed by atoms with Gasteiger partial charge in [-0.3, -0.25) is 0 Å². The molecule has 0 spiro atoms. The number of halogens is 1. The van der Waals surface area contributed by atoms with Crippen LogP contribution in [0.5, 0.6) is 0 Å². The SMILES string of the molecule is CCc1ncc(CNc2ccc(Cl)nc2C)s1. The molecule has 0 fully saturated rings. The number of anilines is 1. The molecule has 0 saturated heterocycles. The lowest BCUT2D eigenvalue weighted by molar-refractivity contribution is 1.08. The summed E-state index contributed by atoms with van der Waals surface area (Å²) in [5.41, 5.74) is 1.93. The summed E-state index contributed by atoms with van der Waals surface area (Å²) in [6, 6.07) is 3.74. The molecule has 0 aliphatic carbocycles. The van der Waals surface area contributed by atoms with Crippen LogP contribution in [-0.4, -0.2) is 9.97 Å². The van der Waals surface area contributed by atoms with E-state index in [9.17, 15) is 0 Å². The highest BCUT2D eigenvalue weighted by Gasteiger charge is 2.03. The third-order valence-electron chi connectivity index (χ3n) is 2.41.